The molecule has 2 heterocycles. The first-order valence-electron chi connectivity index (χ1n) is 7.74. The molecule has 0 amide bonds. The predicted molar refractivity (Wildman–Crippen MR) is 100 cm³/mol. The molecule has 0 aliphatic heterocycles. The van der Waals surface area contributed by atoms with Crippen LogP contribution in [0.2, 0.25) is 0 Å². The van der Waals surface area contributed by atoms with E-state index < -0.39 is 4.92 Å². The highest BCUT2D eigenvalue weighted by atomic mass is 32.1. The second-order valence-corrected chi connectivity index (χ2v) is 6.15. The standard InChI is InChI=1S/C16H16N6O4S/c17-15(18)21-16-20-12(9-27-16)14-6-5-11(26-14)7-19-25-8-10-3-1-2-4-13(10)22(23)24/h1-6,9,19H,7-8H2,(H4,17,18,20,21). The van der Waals surface area contributed by atoms with Crippen LogP contribution in [0.1, 0.15) is 11.3 Å². The Labute approximate surface area is 157 Å². The molecular formula is C16H16N6O4S. The second-order valence-electron chi connectivity index (χ2n) is 5.31. The first kappa shape index (κ1) is 18.5. The second kappa shape index (κ2) is 8.40. The van der Waals surface area contributed by atoms with Crippen LogP contribution >= 0.6 is 11.3 Å². The molecule has 5 N–H and O–H groups in total. The summed E-state index contributed by atoms with van der Waals surface area (Å²) < 4.78 is 5.68. The summed E-state index contributed by atoms with van der Waals surface area (Å²) in [6.07, 6.45) is 0. The Bertz CT molecular complexity index is 963. The molecule has 11 heteroatoms. The lowest BCUT2D eigenvalue weighted by Gasteiger charge is -2.05. The fourth-order valence-electron chi connectivity index (χ4n) is 2.21. The van der Waals surface area contributed by atoms with Gasteiger partial charge >= 0.3 is 0 Å². The third kappa shape index (κ3) is 4.88. The number of rotatable bonds is 8. The maximum Gasteiger partial charge on any atom is 0.274 e. The zero-order valence-corrected chi connectivity index (χ0v) is 14.8. The first-order valence-corrected chi connectivity index (χ1v) is 8.62. The maximum absolute atomic E-state index is 11.0. The summed E-state index contributed by atoms with van der Waals surface area (Å²) in [6.45, 7) is 0.338. The van der Waals surface area contributed by atoms with E-state index in [4.69, 9.17) is 20.7 Å². The number of guanidine groups is 1. The minimum atomic E-state index is -0.443. The lowest BCUT2D eigenvalue weighted by molar-refractivity contribution is -0.386. The average Bonchev–Trinajstić information content (AvgIpc) is 3.27. The molecule has 10 nitrogen and oxygen atoms in total. The molecule has 0 radical (unpaired) electrons. The number of aromatic nitrogens is 1. The lowest BCUT2D eigenvalue weighted by Crippen LogP contribution is -2.21. The smallest absolute Gasteiger partial charge is 0.274 e. The van der Waals surface area contributed by atoms with Gasteiger partial charge in [0.2, 0.25) is 5.13 Å². The van der Waals surface area contributed by atoms with Crippen molar-refractivity contribution in [3.8, 4) is 11.5 Å². The molecule has 27 heavy (non-hydrogen) atoms. The van der Waals surface area contributed by atoms with E-state index in [0.29, 0.717) is 27.9 Å². The number of nitrogens with one attached hydrogen (secondary N) is 1. The minimum absolute atomic E-state index is 0.0136. The molecule has 0 saturated heterocycles. The number of benzene rings is 1. The highest BCUT2D eigenvalue weighted by molar-refractivity contribution is 7.13. The highest BCUT2D eigenvalue weighted by Crippen LogP contribution is 2.28. The summed E-state index contributed by atoms with van der Waals surface area (Å²) in [5.74, 6) is 1.12. The Morgan fingerprint density at radius 2 is 2.15 bits per heavy atom. The van der Waals surface area contributed by atoms with Crippen molar-refractivity contribution < 1.29 is 14.2 Å². The molecule has 3 rings (SSSR count). The molecule has 0 atom stereocenters. The number of aliphatic imine (C=N–C) groups is 1. The van der Waals surface area contributed by atoms with Gasteiger partial charge < -0.3 is 15.9 Å². The van der Waals surface area contributed by atoms with Gasteiger partial charge in [-0.15, -0.1) is 11.3 Å². The Hall–Kier alpha value is -3.28. The predicted octanol–water partition coefficient (Wildman–Crippen LogP) is 2.44. The molecule has 2 aromatic heterocycles. The summed E-state index contributed by atoms with van der Waals surface area (Å²) in [5, 5.41) is 13.2. The Balaban J connectivity index is 1.54. The van der Waals surface area contributed by atoms with Crippen LogP contribution in [0.4, 0.5) is 10.8 Å². The van der Waals surface area contributed by atoms with Gasteiger partial charge in [-0.25, -0.2) is 4.98 Å². The average molecular weight is 388 g/mol. The Kier molecular flexibility index (Phi) is 5.76. The monoisotopic (exact) mass is 388 g/mol. The van der Waals surface area contributed by atoms with E-state index in [0.717, 1.165) is 0 Å². The van der Waals surface area contributed by atoms with Gasteiger partial charge in [-0.05, 0) is 18.2 Å². The fraction of sp³-hybridized carbons (Fsp3) is 0.125. The Morgan fingerprint density at radius 3 is 2.93 bits per heavy atom. The van der Waals surface area contributed by atoms with E-state index in [1.165, 1.54) is 17.4 Å². The van der Waals surface area contributed by atoms with Gasteiger partial charge in [0, 0.05) is 11.4 Å². The molecular weight excluding hydrogens is 372 g/mol. The first-order chi connectivity index (χ1) is 13.0. The van der Waals surface area contributed by atoms with Crippen LogP contribution in [0.5, 0.6) is 0 Å². The maximum atomic E-state index is 11.0. The van der Waals surface area contributed by atoms with Gasteiger partial charge in [0.1, 0.15) is 11.5 Å². The number of para-hydroxylation sites is 1. The molecule has 0 spiro atoms. The van der Waals surface area contributed by atoms with Crippen molar-refractivity contribution in [3.05, 3.63) is 63.2 Å². The van der Waals surface area contributed by atoms with Crippen LogP contribution in [-0.4, -0.2) is 15.9 Å². The molecule has 0 aliphatic carbocycles. The summed E-state index contributed by atoms with van der Waals surface area (Å²) >= 11 is 1.29. The Morgan fingerprint density at radius 1 is 1.33 bits per heavy atom. The number of hydrogen-bond acceptors (Lipinski definition) is 8. The number of furan rings is 1. The zero-order valence-electron chi connectivity index (χ0n) is 14.0. The van der Waals surface area contributed by atoms with Gasteiger partial charge in [0.15, 0.2) is 11.7 Å². The van der Waals surface area contributed by atoms with Crippen molar-refractivity contribution in [2.75, 3.05) is 0 Å². The molecule has 0 unspecified atom stereocenters. The van der Waals surface area contributed by atoms with E-state index in [9.17, 15) is 10.1 Å². The van der Waals surface area contributed by atoms with E-state index in [2.05, 4.69) is 15.5 Å². The van der Waals surface area contributed by atoms with Crippen molar-refractivity contribution in [1.29, 1.82) is 0 Å². The van der Waals surface area contributed by atoms with Crippen molar-refractivity contribution in [2.45, 2.75) is 13.2 Å². The van der Waals surface area contributed by atoms with Crippen molar-refractivity contribution in [3.63, 3.8) is 0 Å². The fourth-order valence-corrected chi connectivity index (χ4v) is 2.91. The van der Waals surface area contributed by atoms with Crippen molar-refractivity contribution in [2.24, 2.45) is 16.5 Å². The van der Waals surface area contributed by atoms with E-state index >= 15 is 0 Å². The number of nitrogens with zero attached hydrogens (tertiary/aromatic N) is 3. The molecule has 1 aromatic carbocycles. The van der Waals surface area contributed by atoms with Gasteiger partial charge in [-0.3, -0.25) is 15.0 Å². The molecule has 140 valence electrons. The molecule has 3 aromatic rings. The van der Waals surface area contributed by atoms with E-state index in [-0.39, 0.29) is 24.8 Å². The van der Waals surface area contributed by atoms with Gasteiger partial charge in [-0.2, -0.15) is 10.5 Å². The van der Waals surface area contributed by atoms with Crippen LogP contribution in [0, 0.1) is 10.1 Å². The summed E-state index contributed by atoms with van der Waals surface area (Å²) in [4.78, 5) is 24.0. The highest BCUT2D eigenvalue weighted by Gasteiger charge is 2.13. The van der Waals surface area contributed by atoms with Gasteiger partial charge in [0.05, 0.1) is 23.6 Å². The number of hydroxylamine groups is 1. The number of thiazole rings is 1. The van der Waals surface area contributed by atoms with Gasteiger partial charge in [0.25, 0.3) is 5.69 Å². The van der Waals surface area contributed by atoms with Gasteiger partial charge in [-0.1, -0.05) is 12.1 Å². The quantitative estimate of drug-likeness (QED) is 0.175. The SMILES string of the molecule is NC(N)=Nc1nc(-c2ccc(CNOCc3ccccc3[N+](=O)[O-])o2)cs1. The topological polar surface area (TPSA) is 155 Å². The van der Waals surface area contributed by atoms with Crippen LogP contribution in [0.25, 0.3) is 11.5 Å². The number of nitro benzene ring substituents is 1. The van der Waals surface area contributed by atoms with Crippen LogP contribution in [-0.2, 0) is 18.0 Å². The largest absolute Gasteiger partial charge is 0.458 e. The van der Waals surface area contributed by atoms with E-state index in [1.807, 2.05) is 0 Å². The molecule has 0 bridgehead atoms. The third-order valence-corrected chi connectivity index (χ3v) is 4.13. The summed E-state index contributed by atoms with van der Waals surface area (Å²) in [6, 6.07) is 9.94. The zero-order chi connectivity index (χ0) is 19.2. The van der Waals surface area contributed by atoms with E-state index in [1.54, 1.807) is 35.7 Å². The van der Waals surface area contributed by atoms with Crippen molar-refractivity contribution in [1.82, 2.24) is 10.5 Å². The normalized spacial score (nSPS) is 10.7. The summed E-state index contributed by atoms with van der Waals surface area (Å²) in [5.41, 5.74) is 14.5. The van der Waals surface area contributed by atoms with Crippen LogP contribution in [0.15, 0.2) is 51.2 Å². The minimum Gasteiger partial charge on any atom is -0.458 e. The van der Waals surface area contributed by atoms with Crippen molar-refractivity contribution >= 4 is 28.1 Å². The number of hydrogen-bond donors (Lipinski definition) is 3. The third-order valence-electron chi connectivity index (χ3n) is 3.40. The van der Waals surface area contributed by atoms with Crippen LogP contribution < -0.4 is 16.9 Å². The molecule has 0 saturated carbocycles. The summed E-state index contributed by atoms with van der Waals surface area (Å²) in [7, 11) is 0. The number of nitro groups is 1. The number of nitrogens with two attached hydrogens (primary N) is 2. The lowest BCUT2D eigenvalue weighted by atomic mass is 10.2. The molecule has 0 fully saturated rings. The van der Waals surface area contributed by atoms with Crippen LogP contribution in [0.3, 0.4) is 0 Å². The molecule has 0 aliphatic rings.